The molecule has 1 fully saturated rings. The van der Waals surface area contributed by atoms with Gasteiger partial charge in [0.25, 0.3) is 0 Å². The van der Waals surface area contributed by atoms with Crippen LogP contribution in [0.15, 0.2) is 23.0 Å². The molecule has 1 aliphatic heterocycles. The third-order valence-corrected chi connectivity index (χ3v) is 2.73. The molecule has 1 atom stereocenters. The highest BCUT2D eigenvalue weighted by Gasteiger charge is 2.32. The van der Waals surface area contributed by atoms with Crippen molar-refractivity contribution in [2.24, 2.45) is 0 Å². The van der Waals surface area contributed by atoms with E-state index < -0.39 is 0 Å². The van der Waals surface area contributed by atoms with E-state index in [4.69, 9.17) is 4.42 Å². The van der Waals surface area contributed by atoms with Crippen molar-refractivity contribution >= 4 is 11.8 Å². The number of nitrogens with zero attached hydrogens (tertiary/aromatic N) is 1. The van der Waals surface area contributed by atoms with Gasteiger partial charge in [-0.1, -0.05) is 6.92 Å². The van der Waals surface area contributed by atoms with Crippen LogP contribution in [0.4, 0.5) is 0 Å². The molecule has 86 valence electrons. The van der Waals surface area contributed by atoms with Crippen LogP contribution < -0.4 is 5.32 Å². The molecule has 1 saturated heterocycles. The Morgan fingerprint density at radius 2 is 2.38 bits per heavy atom. The summed E-state index contributed by atoms with van der Waals surface area (Å²) in [6.07, 6.45) is 3.77. The molecule has 1 N–H and O–H groups in total. The highest BCUT2D eigenvalue weighted by atomic mass is 16.3. The van der Waals surface area contributed by atoms with Gasteiger partial charge in [-0.2, -0.15) is 0 Å². The zero-order valence-corrected chi connectivity index (χ0v) is 9.10. The first-order valence-electron chi connectivity index (χ1n) is 5.30. The molecular formula is C11H14N2O3. The van der Waals surface area contributed by atoms with Crippen molar-refractivity contribution in [2.75, 3.05) is 6.54 Å². The molecule has 2 amide bonds. The standard InChI is InChI=1S/C11H14N2O3/c1-2-9-11(15)12-5-10(14)13(9)6-8-3-4-16-7-8/h3-4,7,9H,2,5-6H2,1H3,(H,12,15). The average molecular weight is 222 g/mol. The Labute approximate surface area is 93.4 Å². The summed E-state index contributed by atoms with van der Waals surface area (Å²) < 4.78 is 4.95. The van der Waals surface area contributed by atoms with E-state index in [0.717, 1.165) is 5.56 Å². The molecule has 0 bridgehead atoms. The minimum Gasteiger partial charge on any atom is -0.472 e. The van der Waals surface area contributed by atoms with Crippen molar-refractivity contribution < 1.29 is 14.0 Å². The van der Waals surface area contributed by atoms with E-state index in [1.165, 1.54) is 0 Å². The van der Waals surface area contributed by atoms with Crippen molar-refractivity contribution in [3.63, 3.8) is 0 Å². The molecular weight excluding hydrogens is 208 g/mol. The van der Waals surface area contributed by atoms with Gasteiger partial charge in [0.1, 0.15) is 6.04 Å². The summed E-state index contributed by atoms with van der Waals surface area (Å²) >= 11 is 0. The largest absolute Gasteiger partial charge is 0.472 e. The lowest BCUT2D eigenvalue weighted by Crippen LogP contribution is -2.57. The summed E-state index contributed by atoms with van der Waals surface area (Å²) in [6, 6.07) is 1.43. The number of nitrogens with one attached hydrogen (secondary N) is 1. The number of carbonyl (C=O) groups is 2. The molecule has 0 saturated carbocycles. The first-order valence-corrected chi connectivity index (χ1v) is 5.30. The number of furan rings is 1. The number of hydrogen-bond donors (Lipinski definition) is 1. The molecule has 5 heteroatoms. The van der Waals surface area contributed by atoms with E-state index in [0.29, 0.717) is 13.0 Å². The molecule has 1 aliphatic rings. The second-order valence-corrected chi connectivity index (χ2v) is 3.80. The minimum absolute atomic E-state index is 0.0485. The Hall–Kier alpha value is -1.78. The summed E-state index contributed by atoms with van der Waals surface area (Å²) in [4.78, 5) is 24.9. The fourth-order valence-corrected chi connectivity index (χ4v) is 1.88. The molecule has 5 nitrogen and oxygen atoms in total. The van der Waals surface area contributed by atoms with E-state index in [9.17, 15) is 9.59 Å². The third kappa shape index (κ3) is 1.93. The van der Waals surface area contributed by atoms with E-state index in [1.807, 2.05) is 6.92 Å². The minimum atomic E-state index is -0.365. The van der Waals surface area contributed by atoms with Gasteiger partial charge in [0.2, 0.25) is 11.8 Å². The third-order valence-electron chi connectivity index (χ3n) is 2.73. The van der Waals surface area contributed by atoms with Gasteiger partial charge in [-0.05, 0) is 12.5 Å². The van der Waals surface area contributed by atoms with E-state index in [1.54, 1.807) is 23.5 Å². The molecule has 0 spiro atoms. The number of carbonyl (C=O) groups excluding carboxylic acids is 2. The normalized spacial score (nSPS) is 21.1. The quantitative estimate of drug-likeness (QED) is 0.810. The Balaban J connectivity index is 2.15. The van der Waals surface area contributed by atoms with Gasteiger partial charge in [-0.3, -0.25) is 9.59 Å². The van der Waals surface area contributed by atoms with Crippen LogP contribution in [0.25, 0.3) is 0 Å². The molecule has 1 unspecified atom stereocenters. The van der Waals surface area contributed by atoms with Crippen molar-refractivity contribution in [1.82, 2.24) is 10.2 Å². The summed E-state index contributed by atoms with van der Waals surface area (Å²) in [5, 5.41) is 2.59. The first kappa shape index (κ1) is 10.7. The zero-order chi connectivity index (χ0) is 11.5. The van der Waals surface area contributed by atoms with Crippen LogP contribution in [0.2, 0.25) is 0 Å². The van der Waals surface area contributed by atoms with Crippen LogP contribution in [0, 0.1) is 0 Å². The molecule has 0 radical (unpaired) electrons. The molecule has 2 heterocycles. The maximum atomic E-state index is 11.7. The predicted octanol–water partition coefficient (Wildman–Crippen LogP) is 0.517. The molecule has 2 rings (SSSR count). The molecule has 0 aliphatic carbocycles. The van der Waals surface area contributed by atoms with Crippen LogP contribution in [0.5, 0.6) is 0 Å². The second-order valence-electron chi connectivity index (χ2n) is 3.80. The SMILES string of the molecule is CCC1C(=O)NCC(=O)N1Cc1ccoc1. The highest BCUT2D eigenvalue weighted by Crippen LogP contribution is 2.14. The van der Waals surface area contributed by atoms with Crippen LogP contribution >= 0.6 is 0 Å². The van der Waals surface area contributed by atoms with Crippen LogP contribution in [0.1, 0.15) is 18.9 Å². The maximum absolute atomic E-state index is 11.7. The van der Waals surface area contributed by atoms with Gasteiger partial charge in [0.15, 0.2) is 0 Å². The van der Waals surface area contributed by atoms with Crippen molar-refractivity contribution in [3.8, 4) is 0 Å². The molecule has 0 aromatic carbocycles. The number of piperazine rings is 1. The Kier molecular flexibility index (Phi) is 2.94. The lowest BCUT2D eigenvalue weighted by atomic mass is 10.1. The Morgan fingerprint density at radius 1 is 1.56 bits per heavy atom. The van der Waals surface area contributed by atoms with Gasteiger partial charge in [0.05, 0.1) is 19.1 Å². The molecule has 16 heavy (non-hydrogen) atoms. The monoisotopic (exact) mass is 222 g/mol. The van der Waals surface area contributed by atoms with Gasteiger partial charge < -0.3 is 14.6 Å². The number of hydrogen-bond acceptors (Lipinski definition) is 3. The van der Waals surface area contributed by atoms with Crippen molar-refractivity contribution in [2.45, 2.75) is 25.9 Å². The lowest BCUT2D eigenvalue weighted by molar-refractivity contribution is -0.146. The van der Waals surface area contributed by atoms with E-state index in [-0.39, 0.29) is 24.4 Å². The van der Waals surface area contributed by atoms with Crippen LogP contribution in [0.3, 0.4) is 0 Å². The summed E-state index contributed by atoms with van der Waals surface area (Å²) in [5.74, 6) is -0.127. The summed E-state index contributed by atoms with van der Waals surface area (Å²) in [7, 11) is 0. The molecule has 1 aromatic heterocycles. The second kappa shape index (κ2) is 4.38. The Morgan fingerprint density at radius 3 is 3.00 bits per heavy atom. The number of rotatable bonds is 3. The lowest BCUT2D eigenvalue weighted by Gasteiger charge is -2.34. The predicted molar refractivity (Wildman–Crippen MR) is 56.3 cm³/mol. The van der Waals surface area contributed by atoms with Crippen LogP contribution in [-0.2, 0) is 16.1 Å². The smallest absolute Gasteiger partial charge is 0.243 e. The fraction of sp³-hybridized carbons (Fsp3) is 0.455. The number of amides is 2. The summed E-state index contributed by atoms with van der Waals surface area (Å²) in [6.45, 7) is 2.42. The van der Waals surface area contributed by atoms with E-state index >= 15 is 0 Å². The first-order chi connectivity index (χ1) is 7.72. The average Bonchev–Trinajstić information content (AvgIpc) is 2.77. The van der Waals surface area contributed by atoms with Gasteiger partial charge in [0, 0.05) is 12.1 Å². The molecule has 1 aromatic rings. The zero-order valence-electron chi connectivity index (χ0n) is 9.10. The van der Waals surface area contributed by atoms with Crippen LogP contribution in [-0.4, -0.2) is 29.3 Å². The fourth-order valence-electron chi connectivity index (χ4n) is 1.88. The highest BCUT2D eigenvalue weighted by molar-refractivity contribution is 5.94. The topological polar surface area (TPSA) is 62.6 Å². The van der Waals surface area contributed by atoms with Crippen molar-refractivity contribution in [1.29, 1.82) is 0 Å². The summed E-state index contributed by atoms with van der Waals surface area (Å²) in [5.41, 5.74) is 0.904. The van der Waals surface area contributed by atoms with Gasteiger partial charge in [-0.15, -0.1) is 0 Å². The van der Waals surface area contributed by atoms with Gasteiger partial charge >= 0.3 is 0 Å². The van der Waals surface area contributed by atoms with Crippen molar-refractivity contribution in [3.05, 3.63) is 24.2 Å². The van der Waals surface area contributed by atoms with E-state index in [2.05, 4.69) is 5.32 Å². The Bertz CT molecular complexity index is 386. The maximum Gasteiger partial charge on any atom is 0.243 e. The van der Waals surface area contributed by atoms with Gasteiger partial charge in [-0.25, -0.2) is 0 Å².